The van der Waals surface area contributed by atoms with Gasteiger partial charge in [0.1, 0.15) is 10.6 Å². The van der Waals surface area contributed by atoms with Crippen LogP contribution in [0.1, 0.15) is 56.8 Å². The number of carbonyl (C=O) groups excluding carboxylic acids is 2. The minimum Gasteiger partial charge on any atom is -0.444 e. The van der Waals surface area contributed by atoms with Crippen LogP contribution in [-0.4, -0.2) is 57.6 Å². The third kappa shape index (κ3) is 4.83. The van der Waals surface area contributed by atoms with Crippen molar-refractivity contribution < 1.29 is 14.3 Å². The van der Waals surface area contributed by atoms with Crippen molar-refractivity contribution in [1.29, 1.82) is 0 Å². The van der Waals surface area contributed by atoms with Gasteiger partial charge >= 0.3 is 6.09 Å². The number of benzene rings is 1. The number of hydrogen-bond acceptors (Lipinski definition) is 5. The van der Waals surface area contributed by atoms with Gasteiger partial charge in [-0.1, -0.05) is 12.1 Å². The highest BCUT2D eigenvalue weighted by Crippen LogP contribution is 2.34. The summed E-state index contributed by atoms with van der Waals surface area (Å²) >= 11 is 1.59. The molecule has 2 aromatic rings. The topological polar surface area (TPSA) is 62.7 Å². The number of carbonyl (C=O) groups is 2. The summed E-state index contributed by atoms with van der Waals surface area (Å²) in [5, 5.41) is 2.91. The molecular formula is C23H29N3O3S. The second-order valence-electron chi connectivity index (χ2n) is 9.06. The first-order valence-electron chi connectivity index (χ1n) is 10.6. The van der Waals surface area contributed by atoms with Crippen LogP contribution in [0.5, 0.6) is 0 Å². The molecule has 1 saturated heterocycles. The molecule has 2 amide bonds. The minimum atomic E-state index is -0.491. The van der Waals surface area contributed by atoms with Crippen LogP contribution in [0.3, 0.4) is 0 Å². The van der Waals surface area contributed by atoms with Gasteiger partial charge < -0.3 is 14.5 Å². The molecule has 4 rings (SSSR count). The van der Waals surface area contributed by atoms with Crippen molar-refractivity contribution in [2.24, 2.45) is 0 Å². The maximum atomic E-state index is 13.3. The summed E-state index contributed by atoms with van der Waals surface area (Å²) in [5.41, 5.74) is 1.26. The van der Waals surface area contributed by atoms with Gasteiger partial charge in [-0.3, -0.25) is 4.79 Å². The summed E-state index contributed by atoms with van der Waals surface area (Å²) in [6.07, 6.45) is 5.24. The molecule has 1 aromatic carbocycles. The fourth-order valence-corrected chi connectivity index (χ4v) is 4.55. The second kappa shape index (κ2) is 8.38. The molecule has 0 bridgehead atoms. The Morgan fingerprint density at radius 1 is 1.07 bits per heavy atom. The average molecular weight is 428 g/mol. The Balaban J connectivity index is 1.41. The number of hydrogen-bond donors (Lipinski definition) is 0. The lowest BCUT2D eigenvalue weighted by molar-refractivity contribution is 0.0142. The van der Waals surface area contributed by atoms with Crippen LogP contribution in [0, 0.1) is 0 Å². The summed E-state index contributed by atoms with van der Waals surface area (Å²) in [6, 6.07) is 8.26. The van der Waals surface area contributed by atoms with Gasteiger partial charge in [0.15, 0.2) is 0 Å². The van der Waals surface area contributed by atoms with Crippen molar-refractivity contribution in [3.05, 3.63) is 41.4 Å². The predicted molar refractivity (Wildman–Crippen MR) is 118 cm³/mol. The van der Waals surface area contributed by atoms with Crippen molar-refractivity contribution in [3.8, 4) is 10.6 Å². The summed E-state index contributed by atoms with van der Waals surface area (Å²) in [6.45, 7) is 6.89. The second-order valence-corrected chi connectivity index (χ2v) is 9.95. The van der Waals surface area contributed by atoms with E-state index in [0.717, 1.165) is 41.8 Å². The Labute approximate surface area is 181 Å². The third-order valence-electron chi connectivity index (χ3n) is 5.50. The van der Waals surface area contributed by atoms with Crippen molar-refractivity contribution in [1.82, 2.24) is 14.8 Å². The Hall–Kier alpha value is -2.41. The predicted octanol–water partition coefficient (Wildman–Crippen LogP) is 4.81. The highest BCUT2D eigenvalue weighted by Gasteiger charge is 2.39. The van der Waals surface area contributed by atoms with Gasteiger partial charge in [-0.15, -0.1) is 11.3 Å². The Morgan fingerprint density at radius 2 is 1.70 bits per heavy atom. The lowest BCUT2D eigenvalue weighted by atomic mass is 10.0. The van der Waals surface area contributed by atoms with Crippen LogP contribution in [-0.2, 0) is 4.74 Å². The number of nitrogens with zero attached hydrogens (tertiary/aromatic N) is 3. The smallest absolute Gasteiger partial charge is 0.410 e. The monoisotopic (exact) mass is 427 g/mol. The van der Waals surface area contributed by atoms with Crippen molar-refractivity contribution in [2.75, 3.05) is 13.1 Å². The number of ether oxygens (including phenoxy) is 1. The highest BCUT2D eigenvalue weighted by atomic mass is 32.1. The molecule has 0 spiro atoms. The van der Waals surface area contributed by atoms with Crippen LogP contribution in [0.25, 0.3) is 10.6 Å². The first-order valence-corrected chi connectivity index (χ1v) is 11.5. The first kappa shape index (κ1) is 20.8. The lowest BCUT2D eigenvalue weighted by Crippen LogP contribution is -2.50. The normalized spacial score (nSPS) is 17.6. The zero-order valence-electron chi connectivity index (χ0n) is 17.8. The average Bonchev–Trinajstić information content (AvgIpc) is 3.39. The molecule has 7 heteroatoms. The molecule has 0 unspecified atom stereocenters. The van der Waals surface area contributed by atoms with Crippen LogP contribution in [0.4, 0.5) is 4.79 Å². The molecule has 2 fully saturated rings. The summed E-state index contributed by atoms with van der Waals surface area (Å²) in [4.78, 5) is 33.8. The third-order valence-corrected chi connectivity index (χ3v) is 6.32. The molecule has 1 aromatic heterocycles. The summed E-state index contributed by atoms with van der Waals surface area (Å²) < 4.78 is 5.49. The van der Waals surface area contributed by atoms with Gasteiger partial charge in [-0.25, -0.2) is 9.78 Å². The highest BCUT2D eigenvalue weighted by molar-refractivity contribution is 7.13. The zero-order chi connectivity index (χ0) is 21.3. The van der Waals surface area contributed by atoms with E-state index in [0.29, 0.717) is 19.1 Å². The van der Waals surface area contributed by atoms with E-state index in [2.05, 4.69) is 9.88 Å². The van der Waals surface area contributed by atoms with E-state index in [-0.39, 0.29) is 18.0 Å². The van der Waals surface area contributed by atoms with Gasteiger partial charge in [0.25, 0.3) is 5.91 Å². The number of likely N-dealkylation sites (tertiary alicyclic amines) is 1. The molecule has 1 aliphatic heterocycles. The molecule has 2 aliphatic rings. The fourth-order valence-electron chi connectivity index (χ4n) is 3.91. The van der Waals surface area contributed by atoms with Crippen LogP contribution in [0.15, 0.2) is 35.8 Å². The van der Waals surface area contributed by atoms with Crippen molar-refractivity contribution in [3.63, 3.8) is 0 Å². The molecule has 1 aliphatic carbocycles. The van der Waals surface area contributed by atoms with E-state index in [1.54, 1.807) is 22.4 Å². The SMILES string of the molecule is CC(C)(C)OC(=O)N1CCC(N(C(=O)c2ccc(-c3nccs3)cc2)C2CC2)CC1. The van der Waals surface area contributed by atoms with Gasteiger partial charge in [-0.2, -0.15) is 0 Å². The molecular weight excluding hydrogens is 398 g/mol. The van der Waals surface area contributed by atoms with Gasteiger partial charge in [0, 0.05) is 47.9 Å². The van der Waals surface area contributed by atoms with Gasteiger partial charge in [-0.05, 0) is 58.6 Å². The Morgan fingerprint density at radius 3 is 2.23 bits per heavy atom. The van der Waals surface area contributed by atoms with Gasteiger partial charge in [0.2, 0.25) is 0 Å². The number of piperidine rings is 1. The maximum absolute atomic E-state index is 13.3. The zero-order valence-corrected chi connectivity index (χ0v) is 18.7. The molecule has 30 heavy (non-hydrogen) atoms. The van der Waals surface area contributed by atoms with E-state index in [4.69, 9.17) is 4.74 Å². The largest absolute Gasteiger partial charge is 0.444 e. The molecule has 0 N–H and O–H groups in total. The molecule has 1 saturated carbocycles. The lowest BCUT2D eigenvalue weighted by Gasteiger charge is -2.39. The molecule has 160 valence electrons. The van der Waals surface area contributed by atoms with E-state index in [1.807, 2.05) is 50.4 Å². The van der Waals surface area contributed by atoms with Crippen LogP contribution < -0.4 is 0 Å². The summed E-state index contributed by atoms with van der Waals surface area (Å²) in [5.74, 6) is 0.0962. The number of thiazole rings is 1. The molecule has 0 radical (unpaired) electrons. The van der Waals surface area contributed by atoms with Crippen molar-refractivity contribution >= 4 is 23.3 Å². The standard InChI is InChI=1S/C23H29N3O3S/c1-23(2,3)29-22(28)25-13-10-19(11-14-25)26(18-8-9-18)21(27)17-6-4-16(5-7-17)20-24-12-15-30-20/h4-7,12,15,18-19H,8-11,13-14H2,1-3H3. The number of aromatic nitrogens is 1. The van der Waals surface area contributed by atoms with E-state index in [9.17, 15) is 9.59 Å². The van der Waals surface area contributed by atoms with E-state index in [1.165, 1.54) is 0 Å². The summed E-state index contributed by atoms with van der Waals surface area (Å²) in [7, 11) is 0. The Kier molecular flexibility index (Phi) is 5.82. The van der Waals surface area contributed by atoms with E-state index >= 15 is 0 Å². The molecule has 0 atom stereocenters. The first-order chi connectivity index (χ1) is 14.3. The minimum absolute atomic E-state index is 0.0962. The molecule has 2 heterocycles. The maximum Gasteiger partial charge on any atom is 0.410 e. The number of rotatable bonds is 4. The quantitative estimate of drug-likeness (QED) is 0.702. The number of amides is 2. The van der Waals surface area contributed by atoms with Crippen LogP contribution in [0.2, 0.25) is 0 Å². The van der Waals surface area contributed by atoms with E-state index < -0.39 is 5.60 Å². The van der Waals surface area contributed by atoms with Crippen LogP contribution >= 0.6 is 11.3 Å². The Bertz CT molecular complexity index is 877. The van der Waals surface area contributed by atoms with Crippen molar-refractivity contribution in [2.45, 2.75) is 64.1 Å². The van der Waals surface area contributed by atoms with Gasteiger partial charge in [0.05, 0.1) is 0 Å². The fraction of sp³-hybridized carbons (Fsp3) is 0.522. The molecule has 6 nitrogen and oxygen atoms in total.